The Kier molecular flexibility index (Phi) is 6.47. The lowest BCUT2D eigenvalue weighted by molar-refractivity contribution is -0.128. The smallest absolute Gasteiger partial charge is 0.320 e. The van der Waals surface area contributed by atoms with Gasteiger partial charge in [-0.1, -0.05) is 0 Å². The first-order valence-electron chi connectivity index (χ1n) is 8.91. The number of hydrogen-bond donors (Lipinski definition) is 3. The Hall–Kier alpha value is -1.68. The number of amides is 3. The lowest BCUT2D eigenvalue weighted by Crippen LogP contribution is -2.48. The van der Waals surface area contributed by atoms with Gasteiger partial charge in [-0.25, -0.2) is 4.79 Å². The fraction of sp³-hybridized carbons (Fsp3) is 0.647. The Balaban J connectivity index is 1.45. The van der Waals surface area contributed by atoms with Crippen molar-refractivity contribution in [2.24, 2.45) is 0 Å². The highest BCUT2D eigenvalue weighted by Gasteiger charge is 2.38. The molecule has 3 heterocycles. The van der Waals surface area contributed by atoms with Gasteiger partial charge in [-0.05, 0) is 30.5 Å². The topological polar surface area (TPSA) is 94.1 Å². The molecule has 3 unspecified atom stereocenters. The van der Waals surface area contributed by atoms with E-state index in [0.717, 1.165) is 31.1 Å². The number of nitrogens with one attached hydrogen (secondary N) is 2. The molecular formula is C17H26N4O4S. The van der Waals surface area contributed by atoms with E-state index in [1.54, 1.807) is 6.92 Å². The number of carbonyl (C=O) groups is 2. The van der Waals surface area contributed by atoms with Crippen molar-refractivity contribution in [2.45, 2.75) is 31.6 Å². The fourth-order valence-corrected chi connectivity index (χ4v) is 3.97. The number of anilines is 1. The van der Waals surface area contributed by atoms with Crippen LogP contribution in [-0.4, -0.2) is 84.4 Å². The van der Waals surface area contributed by atoms with Gasteiger partial charge in [0.1, 0.15) is 6.10 Å². The highest BCUT2D eigenvalue weighted by molar-refractivity contribution is 7.14. The molecule has 9 heteroatoms. The van der Waals surface area contributed by atoms with Crippen LogP contribution in [0.5, 0.6) is 0 Å². The summed E-state index contributed by atoms with van der Waals surface area (Å²) in [7, 11) is 0. The van der Waals surface area contributed by atoms with Crippen LogP contribution in [0, 0.1) is 0 Å². The van der Waals surface area contributed by atoms with Crippen molar-refractivity contribution in [3.8, 4) is 0 Å². The minimum Gasteiger partial charge on any atom is -0.388 e. The van der Waals surface area contributed by atoms with Crippen molar-refractivity contribution in [2.75, 3.05) is 44.6 Å². The lowest BCUT2D eigenvalue weighted by Gasteiger charge is -2.26. The maximum Gasteiger partial charge on any atom is 0.320 e. The number of urea groups is 1. The van der Waals surface area contributed by atoms with Gasteiger partial charge in [0.15, 0.2) is 0 Å². The summed E-state index contributed by atoms with van der Waals surface area (Å²) in [5.41, 5.74) is 0. The molecule has 2 fully saturated rings. The van der Waals surface area contributed by atoms with E-state index in [2.05, 4.69) is 15.5 Å². The standard InChI is InChI=1S/C17H26N4O4S/c1-12(22)21-6-3-5-20(7-8-21)10-14-16(23)13(11-25-14)18-17(24)19-15-4-2-9-26-15/h2,4,9,13-14,16,23H,3,5-8,10-11H2,1H3,(H2,18,19,24). The highest BCUT2D eigenvalue weighted by Crippen LogP contribution is 2.18. The molecule has 3 atom stereocenters. The second-order valence-electron chi connectivity index (χ2n) is 6.70. The van der Waals surface area contributed by atoms with Crippen molar-refractivity contribution in [3.05, 3.63) is 17.5 Å². The lowest BCUT2D eigenvalue weighted by atomic mass is 10.1. The molecule has 2 saturated heterocycles. The molecule has 1 aromatic rings. The molecule has 0 bridgehead atoms. The van der Waals surface area contributed by atoms with Crippen LogP contribution in [0.4, 0.5) is 9.80 Å². The maximum atomic E-state index is 12.0. The van der Waals surface area contributed by atoms with Crippen LogP contribution in [0.2, 0.25) is 0 Å². The van der Waals surface area contributed by atoms with Crippen LogP contribution < -0.4 is 10.6 Å². The molecule has 0 aliphatic carbocycles. The second-order valence-corrected chi connectivity index (χ2v) is 7.65. The summed E-state index contributed by atoms with van der Waals surface area (Å²) in [6.07, 6.45) is -0.185. The van der Waals surface area contributed by atoms with E-state index >= 15 is 0 Å². The van der Waals surface area contributed by atoms with Crippen LogP contribution in [0.25, 0.3) is 0 Å². The summed E-state index contributed by atoms with van der Waals surface area (Å²) in [5.74, 6) is 0.102. The van der Waals surface area contributed by atoms with E-state index < -0.39 is 12.1 Å². The van der Waals surface area contributed by atoms with E-state index in [9.17, 15) is 14.7 Å². The number of carbonyl (C=O) groups excluding carboxylic acids is 2. The minimum atomic E-state index is -0.753. The number of ether oxygens (including phenoxy) is 1. The Labute approximate surface area is 157 Å². The number of aliphatic hydroxyl groups excluding tert-OH is 1. The van der Waals surface area contributed by atoms with Gasteiger partial charge in [-0.2, -0.15) is 0 Å². The Morgan fingerprint density at radius 1 is 1.35 bits per heavy atom. The molecule has 0 spiro atoms. The molecule has 3 amide bonds. The summed E-state index contributed by atoms with van der Waals surface area (Å²) in [6, 6.07) is 2.91. The number of rotatable bonds is 4. The summed E-state index contributed by atoms with van der Waals surface area (Å²) in [6.45, 7) is 5.58. The van der Waals surface area contributed by atoms with Gasteiger partial charge in [-0.3, -0.25) is 15.0 Å². The predicted molar refractivity (Wildman–Crippen MR) is 99.3 cm³/mol. The van der Waals surface area contributed by atoms with Crippen LogP contribution in [0.15, 0.2) is 17.5 Å². The molecule has 2 aliphatic heterocycles. The van der Waals surface area contributed by atoms with Gasteiger partial charge in [0.05, 0.1) is 23.8 Å². The minimum absolute atomic E-state index is 0.102. The summed E-state index contributed by atoms with van der Waals surface area (Å²) in [4.78, 5) is 27.6. The molecule has 0 aromatic carbocycles. The quantitative estimate of drug-likeness (QED) is 0.707. The molecule has 2 aliphatic rings. The van der Waals surface area contributed by atoms with E-state index in [0.29, 0.717) is 13.1 Å². The van der Waals surface area contributed by atoms with Crippen molar-refractivity contribution in [1.82, 2.24) is 15.1 Å². The van der Waals surface area contributed by atoms with E-state index in [1.165, 1.54) is 11.3 Å². The fourth-order valence-electron chi connectivity index (χ4n) is 3.36. The summed E-state index contributed by atoms with van der Waals surface area (Å²) >= 11 is 1.44. The highest BCUT2D eigenvalue weighted by atomic mass is 32.1. The van der Waals surface area contributed by atoms with E-state index in [-0.39, 0.29) is 24.6 Å². The van der Waals surface area contributed by atoms with Gasteiger partial charge in [0.25, 0.3) is 0 Å². The van der Waals surface area contributed by atoms with Crippen LogP contribution >= 0.6 is 11.3 Å². The number of thiophene rings is 1. The molecule has 0 radical (unpaired) electrons. The van der Waals surface area contributed by atoms with Crippen molar-refractivity contribution in [3.63, 3.8) is 0 Å². The third-order valence-corrected chi connectivity index (χ3v) is 5.61. The predicted octanol–water partition coefficient (Wildman–Crippen LogP) is 0.552. The Morgan fingerprint density at radius 2 is 2.19 bits per heavy atom. The average molecular weight is 382 g/mol. The van der Waals surface area contributed by atoms with Crippen molar-refractivity contribution < 1.29 is 19.4 Å². The first-order chi connectivity index (χ1) is 12.5. The zero-order valence-corrected chi connectivity index (χ0v) is 15.7. The molecule has 3 N–H and O–H groups in total. The van der Waals surface area contributed by atoms with Gasteiger partial charge in [0, 0.05) is 33.1 Å². The van der Waals surface area contributed by atoms with Crippen LogP contribution in [-0.2, 0) is 9.53 Å². The number of hydrogen-bond acceptors (Lipinski definition) is 6. The van der Waals surface area contributed by atoms with Gasteiger partial charge < -0.3 is 20.1 Å². The first kappa shape index (κ1) is 19.1. The molecule has 3 rings (SSSR count). The monoisotopic (exact) mass is 382 g/mol. The molecule has 1 aromatic heterocycles. The molecule has 0 saturated carbocycles. The van der Waals surface area contributed by atoms with Gasteiger partial charge in [-0.15, -0.1) is 11.3 Å². The summed E-state index contributed by atoms with van der Waals surface area (Å²) in [5, 5.41) is 18.7. The van der Waals surface area contributed by atoms with Crippen molar-refractivity contribution >= 4 is 28.3 Å². The zero-order valence-electron chi connectivity index (χ0n) is 14.9. The average Bonchev–Trinajstić information content (AvgIpc) is 3.14. The third kappa shape index (κ3) is 4.94. The molecular weight excluding hydrogens is 356 g/mol. The van der Waals surface area contributed by atoms with Crippen LogP contribution in [0.3, 0.4) is 0 Å². The SMILES string of the molecule is CC(=O)N1CCCN(CC2OCC(NC(=O)Nc3cccs3)C2O)CC1. The van der Waals surface area contributed by atoms with Crippen molar-refractivity contribution in [1.29, 1.82) is 0 Å². The Morgan fingerprint density at radius 3 is 2.92 bits per heavy atom. The van der Waals surface area contributed by atoms with E-state index in [4.69, 9.17) is 4.74 Å². The molecule has 8 nitrogen and oxygen atoms in total. The van der Waals surface area contributed by atoms with Gasteiger partial charge >= 0.3 is 6.03 Å². The maximum absolute atomic E-state index is 12.0. The van der Waals surface area contributed by atoms with Gasteiger partial charge in [0.2, 0.25) is 5.91 Å². The second kappa shape index (κ2) is 8.81. The third-order valence-electron chi connectivity index (χ3n) is 4.83. The number of nitrogens with zero attached hydrogens (tertiary/aromatic N) is 2. The normalized spacial score (nSPS) is 27.2. The molecule has 26 heavy (non-hydrogen) atoms. The summed E-state index contributed by atoms with van der Waals surface area (Å²) < 4.78 is 5.72. The van der Waals surface area contributed by atoms with Crippen LogP contribution in [0.1, 0.15) is 13.3 Å². The Bertz CT molecular complexity index is 612. The largest absolute Gasteiger partial charge is 0.388 e. The zero-order chi connectivity index (χ0) is 18.5. The van der Waals surface area contributed by atoms with E-state index in [1.807, 2.05) is 22.4 Å². The molecule has 144 valence electrons. The number of aliphatic hydroxyl groups is 1. The first-order valence-corrected chi connectivity index (χ1v) is 9.79.